The van der Waals surface area contributed by atoms with Crippen LogP contribution >= 0.6 is 31.9 Å². The summed E-state index contributed by atoms with van der Waals surface area (Å²) < 4.78 is 64.9. The fourth-order valence-electron chi connectivity index (χ4n) is 2.77. The highest BCUT2D eigenvalue weighted by molar-refractivity contribution is 9.28. The Hall–Kier alpha value is -1.09. The number of ether oxygens (including phenoxy) is 2. The van der Waals surface area contributed by atoms with Gasteiger partial charge in [0.05, 0.1) is 22.0 Å². The Labute approximate surface area is 158 Å². The molecule has 3 nitrogen and oxygen atoms in total. The summed E-state index contributed by atoms with van der Waals surface area (Å²) in [5, 5.41) is 0. The number of esters is 1. The van der Waals surface area contributed by atoms with Gasteiger partial charge in [0.25, 0.3) is 0 Å². The molecule has 0 radical (unpaired) electrons. The van der Waals surface area contributed by atoms with Gasteiger partial charge in [-0.15, -0.1) is 0 Å². The lowest BCUT2D eigenvalue weighted by Gasteiger charge is -2.11. The van der Waals surface area contributed by atoms with Crippen molar-refractivity contribution < 1.29 is 31.8 Å². The fourth-order valence-corrected chi connectivity index (χ4v) is 3.34. The van der Waals surface area contributed by atoms with Gasteiger partial charge in [-0.1, -0.05) is 19.9 Å². The zero-order valence-electron chi connectivity index (χ0n) is 13.4. The normalized spacial score (nSPS) is 20.8. The van der Waals surface area contributed by atoms with E-state index in [2.05, 4.69) is 36.6 Å². The summed E-state index contributed by atoms with van der Waals surface area (Å²) in [7, 11) is 0.880. The zero-order valence-corrected chi connectivity index (χ0v) is 16.6. The molecule has 1 fully saturated rings. The SMILES string of the molecule is COc1c(F)c(F)c(COC(=O)[C@H]2[C@@H](C=C(Br)Br)C2(C)C)c(F)c1F. The molecule has 138 valence electrons. The van der Waals surface area contributed by atoms with Crippen molar-refractivity contribution in [3.8, 4) is 5.75 Å². The van der Waals surface area contributed by atoms with Gasteiger partial charge in [0.15, 0.2) is 17.4 Å². The maximum Gasteiger partial charge on any atom is 0.310 e. The van der Waals surface area contributed by atoms with Crippen LogP contribution in [0.5, 0.6) is 5.75 Å². The van der Waals surface area contributed by atoms with Gasteiger partial charge in [0.1, 0.15) is 6.61 Å². The zero-order chi connectivity index (χ0) is 19.1. The Morgan fingerprint density at radius 2 is 1.64 bits per heavy atom. The summed E-state index contributed by atoms with van der Waals surface area (Å²) in [5.74, 6) is -9.21. The first-order valence-electron chi connectivity index (χ1n) is 7.12. The van der Waals surface area contributed by atoms with Crippen molar-refractivity contribution in [1.82, 2.24) is 0 Å². The van der Waals surface area contributed by atoms with E-state index in [4.69, 9.17) is 4.74 Å². The van der Waals surface area contributed by atoms with Crippen LogP contribution in [0.15, 0.2) is 9.47 Å². The van der Waals surface area contributed by atoms with E-state index in [0.717, 1.165) is 7.11 Å². The minimum Gasteiger partial charge on any atom is -0.491 e. The van der Waals surface area contributed by atoms with Gasteiger partial charge in [-0.3, -0.25) is 4.79 Å². The predicted octanol–water partition coefficient (Wildman–Crippen LogP) is 5.20. The smallest absolute Gasteiger partial charge is 0.310 e. The maximum atomic E-state index is 13.9. The monoisotopic (exact) mass is 488 g/mol. The largest absolute Gasteiger partial charge is 0.491 e. The second-order valence-corrected chi connectivity index (χ2v) is 8.93. The number of carbonyl (C=O) groups excluding carboxylic acids is 1. The van der Waals surface area contributed by atoms with Crippen LogP contribution in [0.2, 0.25) is 0 Å². The van der Waals surface area contributed by atoms with Gasteiger partial charge in [-0.2, -0.15) is 8.78 Å². The molecule has 1 aliphatic carbocycles. The molecule has 2 atom stereocenters. The molecule has 0 unspecified atom stereocenters. The molecule has 0 bridgehead atoms. The Morgan fingerprint density at radius 3 is 2.08 bits per heavy atom. The maximum absolute atomic E-state index is 13.9. The third kappa shape index (κ3) is 3.72. The summed E-state index contributed by atoms with van der Waals surface area (Å²) >= 11 is 6.40. The molecule has 0 amide bonds. The topological polar surface area (TPSA) is 35.5 Å². The predicted molar refractivity (Wildman–Crippen MR) is 89.3 cm³/mol. The molecule has 1 aromatic rings. The van der Waals surface area contributed by atoms with Crippen LogP contribution in [0.1, 0.15) is 19.4 Å². The van der Waals surface area contributed by atoms with Crippen molar-refractivity contribution in [3.63, 3.8) is 0 Å². The van der Waals surface area contributed by atoms with Crippen molar-refractivity contribution in [1.29, 1.82) is 0 Å². The first-order chi connectivity index (χ1) is 11.5. The summed E-state index contributed by atoms with van der Waals surface area (Å²) in [6.07, 6.45) is 1.76. The molecular weight excluding hydrogens is 476 g/mol. The van der Waals surface area contributed by atoms with E-state index in [1.807, 2.05) is 13.8 Å². The Bertz CT molecular complexity index is 716. The van der Waals surface area contributed by atoms with E-state index in [-0.39, 0.29) is 5.92 Å². The minimum absolute atomic E-state index is 0.146. The van der Waals surface area contributed by atoms with Gasteiger partial charge >= 0.3 is 5.97 Å². The average molecular weight is 490 g/mol. The summed E-state index contributed by atoms with van der Waals surface area (Å²) in [6.45, 7) is 2.74. The Morgan fingerprint density at radius 1 is 1.12 bits per heavy atom. The van der Waals surface area contributed by atoms with Crippen molar-refractivity contribution in [2.45, 2.75) is 20.5 Å². The van der Waals surface area contributed by atoms with E-state index in [9.17, 15) is 22.4 Å². The van der Waals surface area contributed by atoms with E-state index >= 15 is 0 Å². The van der Waals surface area contributed by atoms with Gasteiger partial charge < -0.3 is 9.47 Å². The lowest BCUT2D eigenvalue weighted by molar-refractivity contribution is -0.147. The van der Waals surface area contributed by atoms with Crippen LogP contribution in [0, 0.1) is 40.5 Å². The van der Waals surface area contributed by atoms with E-state index in [1.54, 1.807) is 6.08 Å². The first-order valence-corrected chi connectivity index (χ1v) is 8.70. The molecule has 0 aliphatic heterocycles. The molecule has 0 N–H and O–H groups in total. The summed E-state index contributed by atoms with van der Waals surface area (Å²) in [5.41, 5.74) is -1.41. The lowest BCUT2D eigenvalue weighted by Crippen LogP contribution is -2.14. The molecular formula is C16H14Br2F4O3. The van der Waals surface area contributed by atoms with E-state index in [0.29, 0.717) is 3.39 Å². The highest BCUT2D eigenvalue weighted by Crippen LogP contribution is 2.60. The molecule has 0 saturated heterocycles. The Kier molecular flexibility index (Phi) is 5.88. The molecule has 1 saturated carbocycles. The number of hydrogen-bond donors (Lipinski definition) is 0. The third-order valence-electron chi connectivity index (χ3n) is 4.35. The molecule has 0 spiro atoms. The van der Waals surface area contributed by atoms with Crippen molar-refractivity contribution in [3.05, 3.63) is 38.3 Å². The number of allylic oxidation sites excluding steroid dienone is 1. The molecule has 2 rings (SSSR count). The quantitative estimate of drug-likeness (QED) is 0.324. The Balaban J connectivity index is 2.18. The number of benzene rings is 1. The fraction of sp³-hybridized carbons (Fsp3) is 0.438. The van der Waals surface area contributed by atoms with Gasteiger partial charge in [0, 0.05) is 0 Å². The molecule has 25 heavy (non-hydrogen) atoms. The molecule has 0 aromatic heterocycles. The lowest BCUT2D eigenvalue weighted by atomic mass is 10.1. The van der Waals surface area contributed by atoms with Gasteiger partial charge in [0.2, 0.25) is 11.6 Å². The van der Waals surface area contributed by atoms with Crippen LogP contribution in [-0.2, 0) is 16.1 Å². The van der Waals surface area contributed by atoms with Crippen LogP contribution in [-0.4, -0.2) is 13.1 Å². The third-order valence-corrected chi connectivity index (χ3v) is 4.88. The highest BCUT2D eigenvalue weighted by atomic mass is 79.9. The second-order valence-electron chi connectivity index (χ2n) is 6.16. The van der Waals surface area contributed by atoms with Crippen LogP contribution in [0.3, 0.4) is 0 Å². The number of carbonyl (C=O) groups is 1. The summed E-state index contributed by atoms with van der Waals surface area (Å²) in [6, 6.07) is 0. The van der Waals surface area contributed by atoms with Gasteiger partial charge in [-0.05, 0) is 43.2 Å². The molecule has 1 aromatic carbocycles. The standard InChI is InChI=1S/C16H14Br2F4O3/c1-16(2)7(4-8(17)18)9(16)15(23)25-5-6-10(19)12(21)14(24-3)13(22)11(6)20/h4,7,9H,5H2,1-3H3/t7-,9-/m1/s1. The van der Waals surface area contributed by atoms with E-state index < -0.39 is 58.5 Å². The number of hydrogen-bond acceptors (Lipinski definition) is 3. The first kappa shape index (κ1) is 20.2. The summed E-state index contributed by atoms with van der Waals surface area (Å²) in [4.78, 5) is 12.2. The van der Waals surface area contributed by atoms with Crippen molar-refractivity contribution in [2.24, 2.45) is 17.3 Å². The van der Waals surface area contributed by atoms with Crippen LogP contribution < -0.4 is 4.74 Å². The van der Waals surface area contributed by atoms with Crippen molar-refractivity contribution in [2.75, 3.05) is 7.11 Å². The molecule has 0 heterocycles. The van der Waals surface area contributed by atoms with E-state index in [1.165, 1.54) is 0 Å². The molecule has 1 aliphatic rings. The second kappa shape index (κ2) is 7.26. The number of methoxy groups -OCH3 is 1. The van der Waals surface area contributed by atoms with Crippen LogP contribution in [0.25, 0.3) is 0 Å². The minimum atomic E-state index is -1.68. The highest BCUT2D eigenvalue weighted by Gasteiger charge is 2.61. The number of rotatable bonds is 5. The van der Waals surface area contributed by atoms with Gasteiger partial charge in [-0.25, -0.2) is 8.78 Å². The number of halogens is 6. The average Bonchev–Trinajstić information content (AvgIpc) is 3.05. The molecule has 9 heteroatoms. The van der Waals surface area contributed by atoms with Crippen LogP contribution in [0.4, 0.5) is 17.6 Å². The van der Waals surface area contributed by atoms with Crippen molar-refractivity contribution >= 4 is 37.8 Å².